The van der Waals surface area contributed by atoms with Crippen LogP contribution in [0, 0.1) is 5.92 Å². The molecule has 2 aromatic carbocycles. The molecule has 0 aliphatic carbocycles. The van der Waals surface area contributed by atoms with E-state index >= 15 is 0 Å². The Morgan fingerprint density at radius 2 is 1.96 bits per heavy atom. The van der Waals surface area contributed by atoms with Crippen molar-refractivity contribution in [1.29, 1.82) is 0 Å². The molecule has 1 N–H and O–H groups in total. The summed E-state index contributed by atoms with van der Waals surface area (Å²) >= 11 is 6.24. The van der Waals surface area contributed by atoms with Gasteiger partial charge in [0, 0.05) is 29.2 Å². The van der Waals surface area contributed by atoms with Crippen LogP contribution >= 0.6 is 11.6 Å². The van der Waals surface area contributed by atoms with Crippen molar-refractivity contribution in [2.24, 2.45) is 5.92 Å². The minimum atomic E-state index is 0.0497. The van der Waals surface area contributed by atoms with Crippen LogP contribution in [-0.2, 0) is 11.3 Å². The Morgan fingerprint density at radius 3 is 2.68 bits per heavy atom. The average molecular weight is 359 g/mol. The van der Waals surface area contributed by atoms with Crippen LogP contribution < -0.4 is 10.1 Å². The van der Waals surface area contributed by atoms with Gasteiger partial charge in [0.05, 0.1) is 7.11 Å². The van der Waals surface area contributed by atoms with E-state index in [4.69, 9.17) is 16.3 Å². The second-order valence-corrected chi connectivity index (χ2v) is 6.77. The fourth-order valence-corrected chi connectivity index (χ4v) is 3.36. The summed E-state index contributed by atoms with van der Waals surface area (Å²) in [5.74, 6) is 0.881. The molecule has 0 saturated carbocycles. The lowest BCUT2D eigenvalue weighted by Crippen LogP contribution is -2.37. The highest BCUT2D eigenvalue weighted by molar-refractivity contribution is 6.31. The van der Waals surface area contributed by atoms with Crippen molar-refractivity contribution in [1.82, 2.24) is 4.90 Å². The maximum absolute atomic E-state index is 12.5. The first-order chi connectivity index (χ1) is 12.2. The van der Waals surface area contributed by atoms with E-state index in [9.17, 15) is 4.79 Å². The van der Waals surface area contributed by atoms with Crippen molar-refractivity contribution < 1.29 is 9.53 Å². The topological polar surface area (TPSA) is 41.6 Å². The molecule has 0 bridgehead atoms. The number of nitrogens with zero attached hydrogens (tertiary/aromatic N) is 1. The zero-order valence-electron chi connectivity index (χ0n) is 14.4. The predicted molar refractivity (Wildman–Crippen MR) is 101 cm³/mol. The molecule has 0 unspecified atom stereocenters. The summed E-state index contributed by atoms with van der Waals surface area (Å²) in [6.45, 7) is 2.65. The van der Waals surface area contributed by atoms with Crippen molar-refractivity contribution in [3.8, 4) is 5.75 Å². The first-order valence-electron chi connectivity index (χ1n) is 8.56. The summed E-state index contributed by atoms with van der Waals surface area (Å²) < 4.78 is 5.19. The van der Waals surface area contributed by atoms with Gasteiger partial charge in [-0.05, 0) is 49.7 Å². The molecule has 1 heterocycles. The smallest absolute Gasteiger partial charge is 0.227 e. The summed E-state index contributed by atoms with van der Waals surface area (Å²) in [6.07, 6.45) is 1.72. The minimum Gasteiger partial charge on any atom is -0.497 e. The fraction of sp³-hybridized carbons (Fsp3) is 0.350. The number of benzene rings is 2. The van der Waals surface area contributed by atoms with Crippen LogP contribution in [0.4, 0.5) is 5.69 Å². The van der Waals surface area contributed by atoms with Crippen LogP contribution in [0.1, 0.15) is 18.4 Å². The third-order valence-electron chi connectivity index (χ3n) is 4.65. The number of piperidine rings is 1. The number of amides is 1. The molecule has 1 aliphatic rings. The van der Waals surface area contributed by atoms with Crippen LogP contribution in [0.3, 0.4) is 0 Å². The Bertz CT molecular complexity index is 727. The number of rotatable bonds is 5. The van der Waals surface area contributed by atoms with Crippen molar-refractivity contribution in [2.75, 3.05) is 25.5 Å². The molecule has 1 amide bonds. The van der Waals surface area contributed by atoms with Gasteiger partial charge in [0.1, 0.15) is 5.75 Å². The summed E-state index contributed by atoms with van der Waals surface area (Å²) in [4.78, 5) is 14.9. The fourth-order valence-electron chi connectivity index (χ4n) is 3.17. The molecule has 4 nitrogen and oxygen atoms in total. The van der Waals surface area contributed by atoms with Crippen LogP contribution in [0.5, 0.6) is 5.75 Å². The number of anilines is 1. The average Bonchev–Trinajstić information content (AvgIpc) is 2.64. The minimum absolute atomic E-state index is 0.0497. The van der Waals surface area contributed by atoms with Gasteiger partial charge in [0.15, 0.2) is 0 Å². The number of hydrogen-bond donors (Lipinski definition) is 1. The Kier molecular flexibility index (Phi) is 5.95. The van der Waals surface area contributed by atoms with Crippen LogP contribution in [-0.4, -0.2) is 31.0 Å². The molecule has 2 aromatic rings. The summed E-state index contributed by atoms with van der Waals surface area (Å²) in [5.41, 5.74) is 1.92. The van der Waals surface area contributed by atoms with Gasteiger partial charge in [-0.15, -0.1) is 0 Å². The number of carbonyl (C=O) groups is 1. The van der Waals surface area contributed by atoms with E-state index in [1.165, 1.54) is 0 Å². The highest BCUT2D eigenvalue weighted by Crippen LogP contribution is 2.24. The van der Waals surface area contributed by atoms with E-state index in [2.05, 4.69) is 16.3 Å². The molecule has 0 aromatic heterocycles. The Hall–Kier alpha value is -2.04. The molecule has 3 rings (SSSR count). The maximum atomic E-state index is 12.5. The van der Waals surface area contributed by atoms with Gasteiger partial charge < -0.3 is 10.1 Å². The maximum Gasteiger partial charge on any atom is 0.227 e. The van der Waals surface area contributed by atoms with Crippen LogP contribution in [0.25, 0.3) is 0 Å². The van der Waals surface area contributed by atoms with Gasteiger partial charge in [-0.3, -0.25) is 9.69 Å². The lowest BCUT2D eigenvalue weighted by atomic mass is 9.95. The number of halogens is 1. The largest absolute Gasteiger partial charge is 0.497 e. The molecule has 1 saturated heterocycles. The molecular weight excluding hydrogens is 336 g/mol. The highest BCUT2D eigenvalue weighted by atomic mass is 35.5. The van der Waals surface area contributed by atoms with Crippen molar-refractivity contribution in [3.63, 3.8) is 0 Å². The normalized spacial score (nSPS) is 15.8. The zero-order valence-corrected chi connectivity index (χ0v) is 15.1. The summed E-state index contributed by atoms with van der Waals surface area (Å²) in [7, 11) is 1.62. The molecule has 5 heteroatoms. The number of methoxy groups -OCH3 is 1. The van der Waals surface area contributed by atoms with E-state index in [0.717, 1.165) is 54.5 Å². The molecule has 1 aliphatic heterocycles. The number of ether oxygens (including phenoxy) is 1. The molecule has 1 fully saturated rings. The Labute approximate surface area is 153 Å². The monoisotopic (exact) mass is 358 g/mol. The van der Waals surface area contributed by atoms with Crippen molar-refractivity contribution in [3.05, 3.63) is 59.1 Å². The Balaban J connectivity index is 1.51. The van der Waals surface area contributed by atoms with E-state index in [-0.39, 0.29) is 11.8 Å². The lowest BCUT2D eigenvalue weighted by Gasteiger charge is -2.31. The third kappa shape index (κ3) is 4.74. The quantitative estimate of drug-likeness (QED) is 0.870. The van der Waals surface area contributed by atoms with E-state index in [0.29, 0.717) is 0 Å². The number of carbonyl (C=O) groups excluding carboxylic acids is 1. The summed E-state index contributed by atoms with van der Waals surface area (Å²) in [5, 5.41) is 3.81. The second kappa shape index (κ2) is 8.37. The highest BCUT2D eigenvalue weighted by Gasteiger charge is 2.25. The van der Waals surface area contributed by atoms with Crippen LogP contribution in [0.2, 0.25) is 5.02 Å². The Morgan fingerprint density at radius 1 is 1.20 bits per heavy atom. The number of hydrogen-bond acceptors (Lipinski definition) is 3. The van der Waals surface area contributed by atoms with Crippen LogP contribution in [0.15, 0.2) is 48.5 Å². The van der Waals surface area contributed by atoms with E-state index < -0.39 is 0 Å². The first-order valence-corrected chi connectivity index (χ1v) is 8.94. The van der Waals surface area contributed by atoms with Gasteiger partial charge in [0.25, 0.3) is 0 Å². The molecule has 25 heavy (non-hydrogen) atoms. The molecular formula is C20H23ClN2O2. The molecule has 0 spiro atoms. The van der Waals surface area contributed by atoms with Crippen molar-refractivity contribution in [2.45, 2.75) is 19.4 Å². The number of nitrogens with one attached hydrogen (secondary N) is 1. The molecule has 132 valence electrons. The standard InChI is InChI=1S/C20H23ClN2O2/c1-25-18-7-4-6-17(13-18)22-20(24)15-9-11-23(12-10-15)14-16-5-2-3-8-19(16)21/h2-8,13,15H,9-12,14H2,1H3,(H,22,24). The number of likely N-dealkylation sites (tertiary alicyclic amines) is 1. The summed E-state index contributed by atoms with van der Waals surface area (Å²) in [6, 6.07) is 15.4. The SMILES string of the molecule is COc1cccc(NC(=O)C2CCN(Cc3ccccc3Cl)CC2)c1. The molecule has 0 atom stereocenters. The van der Waals surface area contributed by atoms with E-state index in [1.807, 2.05) is 42.5 Å². The third-order valence-corrected chi connectivity index (χ3v) is 5.02. The molecule has 0 radical (unpaired) electrons. The predicted octanol–water partition coefficient (Wildman–Crippen LogP) is 4.20. The zero-order chi connectivity index (χ0) is 17.6. The van der Waals surface area contributed by atoms with Crippen molar-refractivity contribution >= 4 is 23.2 Å². The van der Waals surface area contributed by atoms with Gasteiger partial charge in [0.2, 0.25) is 5.91 Å². The lowest BCUT2D eigenvalue weighted by molar-refractivity contribution is -0.121. The van der Waals surface area contributed by atoms with Gasteiger partial charge in [-0.25, -0.2) is 0 Å². The second-order valence-electron chi connectivity index (χ2n) is 6.36. The van der Waals surface area contributed by atoms with Gasteiger partial charge >= 0.3 is 0 Å². The van der Waals surface area contributed by atoms with Gasteiger partial charge in [-0.2, -0.15) is 0 Å². The van der Waals surface area contributed by atoms with Gasteiger partial charge in [-0.1, -0.05) is 35.9 Å². The van der Waals surface area contributed by atoms with E-state index in [1.54, 1.807) is 7.11 Å². The first kappa shape index (κ1) is 17.8.